The van der Waals surface area contributed by atoms with Gasteiger partial charge in [0.05, 0.1) is 17.5 Å². The number of alkyl halides is 3. The summed E-state index contributed by atoms with van der Waals surface area (Å²) < 4.78 is 68.3. The van der Waals surface area contributed by atoms with E-state index in [2.05, 4.69) is 16.3 Å². The number of carbonyl (C=O) groups excluding carboxylic acids is 1. The second kappa shape index (κ2) is 12.1. The van der Waals surface area contributed by atoms with Crippen LogP contribution in [-0.4, -0.2) is 44.5 Å². The highest BCUT2D eigenvalue weighted by Gasteiger charge is 2.44. The van der Waals surface area contributed by atoms with Crippen molar-refractivity contribution in [3.8, 4) is 0 Å². The number of piperidine rings is 1. The zero-order valence-electron chi connectivity index (χ0n) is 20.7. The summed E-state index contributed by atoms with van der Waals surface area (Å²) in [5.74, 6) is -0.901. The molecule has 2 aromatic carbocycles. The van der Waals surface area contributed by atoms with Crippen molar-refractivity contribution in [3.05, 3.63) is 63.1 Å². The first-order valence-corrected chi connectivity index (χ1v) is 14.8. The molecule has 6 nitrogen and oxygen atoms in total. The summed E-state index contributed by atoms with van der Waals surface area (Å²) in [7, 11) is -4.71. The molecule has 0 spiro atoms. The Morgan fingerprint density at radius 1 is 1.05 bits per heavy atom. The molecule has 0 bridgehead atoms. The lowest BCUT2D eigenvalue weighted by molar-refractivity contribution is -0.158. The molecule has 1 aliphatic carbocycles. The Labute approximate surface area is 230 Å². The smallest absolute Gasteiger partial charge is 0.349 e. The van der Waals surface area contributed by atoms with Gasteiger partial charge in [-0.05, 0) is 80.1 Å². The molecule has 1 saturated heterocycles. The van der Waals surface area contributed by atoms with E-state index in [0.29, 0.717) is 6.42 Å². The molecule has 0 saturated carbocycles. The molecule has 2 aliphatic rings. The number of aryl methyl sites for hydroxylation is 1. The summed E-state index contributed by atoms with van der Waals surface area (Å²) in [6, 6.07) is 6.45. The van der Waals surface area contributed by atoms with E-state index >= 15 is 0 Å². The van der Waals surface area contributed by atoms with E-state index in [1.807, 2.05) is 12.1 Å². The van der Waals surface area contributed by atoms with Gasteiger partial charge in [-0.3, -0.25) is 9.69 Å². The second-order valence-corrected chi connectivity index (χ2v) is 12.4. The molecule has 1 amide bonds. The zero-order valence-corrected chi connectivity index (χ0v) is 23.0. The zero-order chi connectivity index (χ0) is 27.5. The fraction of sp³-hybridized carbons (Fsp3) is 0.500. The van der Waals surface area contributed by atoms with Gasteiger partial charge >= 0.3 is 6.18 Å². The van der Waals surface area contributed by atoms with Gasteiger partial charge in [0.25, 0.3) is 0 Å². The molecule has 1 unspecified atom stereocenters. The monoisotopic (exact) mass is 591 g/mol. The van der Waals surface area contributed by atoms with Gasteiger partial charge in [-0.1, -0.05) is 47.8 Å². The van der Waals surface area contributed by atoms with Crippen molar-refractivity contribution in [2.24, 2.45) is 0 Å². The van der Waals surface area contributed by atoms with Crippen molar-refractivity contribution < 1.29 is 26.4 Å². The van der Waals surface area contributed by atoms with E-state index in [4.69, 9.17) is 23.2 Å². The lowest BCUT2D eigenvalue weighted by atomic mass is 9.86. The van der Waals surface area contributed by atoms with E-state index < -0.39 is 45.5 Å². The van der Waals surface area contributed by atoms with E-state index in [1.165, 1.54) is 37.0 Å². The van der Waals surface area contributed by atoms with Crippen molar-refractivity contribution in [1.82, 2.24) is 14.9 Å². The van der Waals surface area contributed by atoms with Crippen molar-refractivity contribution in [1.29, 1.82) is 0 Å². The average Bonchev–Trinajstić information content (AvgIpc) is 2.85. The lowest BCUT2D eigenvalue weighted by Crippen LogP contribution is -2.48. The van der Waals surface area contributed by atoms with Crippen LogP contribution in [0.2, 0.25) is 10.0 Å². The fourth-order valence-electron chi connectivity index (χ4n) is 5.09. The number of amides is 1. The predicted octanol–water partition coefficient (Wildman–Crippen LogP) is 5.77. The molecular weight excluding hydrogens is 562 g/mol. The molecule has 2 N–H and O–H groups in total. The Bertz CT molecular complexity index is 1270. The van der Waals surface area contributed by atoms with Crippen LogP contribution in [0.25, 0.3) is 0 Å². The quantitative estimate of drug-likeness (QED) is 0.408. The number of sulfonamides is 1. The Morgan fingerprint density at radius 3 is 2.50 bits per heavy atom. The molecule has 2 atom stereocenters. The Balaban J connectivity index is 1.44. The molecule has 0 radical (unpaired) electrons. The van der Waals surface area contributed by atoms with Crippen LogP contribution in [0.1, 0.15) is 61.3 Å². The third kappa shape index (κ3) is 7.41. The van der Waals surface area contributed by atoms with Gasteiger partial charge in [-0.15, -0.1) is 0 Å². The van der Waals surface area contributed by atoms with Crippen molar-refractivity contribution in [2.75, 3.05) is 13.1 Å². The topological polar surface area (TPSA) is 78.5 Å². The third-order valence-corrected chi connectivity index (χ3v) is 9.16. The molecule has 2 aromatic rings. The largest absolute Gasteiger partial charge is 0.405 e. The molecule has 1 aliphatic heterocycles. The number of nitrogens with zero attached hydrogens (tertiary/aromatic N) is 1. The normalized spacial score (nSPS) is 19.6. The van der Waals surface area contributed by atoms with E-state index in [-0.39, 0.29) is 10.0 Å². The first-order valence-electron chi connectivity index (χ1n) is 12.6. The van der Waals surface area contributed by atoms with Gasteiger partial charge in [0.2, 0.25) is 15.9 Å². The summed E-state index contributed by atoms with van der Waals surface area (Å²) in [6.45, 7) is 3.00. The lowest BCUT2D eigenvalue weighted by Gasteiger charge is -2.30. The highest BCUT2D eigenvalue weighted by atomic mass is 35.5. The first kappa shape index (κ1) is 29.1. The molecule has 12 heteroatoms. The maximum absolute atomic E-state index is 13.8. The summed E-state index contributed by atoms with van der Waals surface area (Å²) in [6.07, 6.45) is -0.268. The van der Waals surface area contributed by atoms with Crippen LogP contribution in [0, 0.1) is 0 Å². The van der Waals surface area contributed by atoms with E-state index in [9.17, 15) is 26.4 Å². The summed E-state index contributed by atoms with van der Waals surface area (Å²) in [5.41, 5.74) is 3.16. The molecule has 38 heavy (non-hydrogen) atoms. The predicted molar refractivity (Wildman–Crippen MR) is 141 cm³/mol. The molecule has 208 valence electrons. The molecule has 0 aromatic heterocycles. The number of nitrogens with one attached hydrogen (secondary N) is 2. The molecule has 1 fully saturated rings. The maximum Gasteiger partial charge on any atom is 0.405 e. The van der Waals surface area contributed by atoms with Gasteiger partial charge < -0.3 is 5.32 Å². The van der Waals surface area contributed by atoms with Gasteiger partial charge in [0.15, 0.2) is 0 Å². The summed E-state index contributed by atoms with van der Waals surface area (Å²) in [5, 5.41) is 2.40. The van der Waals surface area contributed by atoms with Crippen molar-refractivity contribution >= 4 is 39.1 Å². The fourth-order valence-corrected chi connectivity index (χ4v) is 7.07. The number of hydrogen-bond donors (Lipinski definition) is 2. The number of halogens is 5. The van der Waals surface area contributed by atoms with Gasteiger partial charge in [0, 0.05) is 11.6 Å². The summed E-state index contributed by atoms with van der Waals surface area (Å²) >= 11 is 11.7. The van der Waals surface area contributed by atoms with Gasteiger partial charge in [-0.2, -0.15) is 17.9 Å². The third-order valence-electron chi connectivity index (χ3n) is 6.98. The highest BCUT2D eigenvalue weighted by Crippen LogP contribution is 2.32. The van der Waals surface area contributed by atoms with Crippen molar-refractivity contribution in [3.63, 3.8) is 0 Å². The Kier molecular flexibility index (Phi) is 9.30. The second-order valence-electron chi connectivity index (χ2n) is 9.88. The minimum Gasteiger partial charge on any atom is -0.349 e. The van der Waals surface area contributed by atoms with Crippen LogP contribution in [0.4, 0.5) is 13.2 Å². The summed E-state index contributed by atoms with van der Waals surface area (Å²) in [4.78, 5) is 14.6. The number of fused-ring (bicyclic) bond motifs is 1. The van der Waals surface area contributed by atoms with Gasteiger partial charge in [0.1, 0.15) is 10.9 Å². The first-order chi connectivity index (χ1) is 17.9. The Hall–Kier alpha value is -1.85. The molecular formula is C26H30Cl2F3N3O3S. The standard InChI is InChI=1S/C26H30Cl2F3N3O3S/c27-19-8-10-21(28)23(14-19)38(36,37)33-24(26(29,30)31)15-25(35)32-22-6-4-5-18-13-17(7-9-20(18)22)16-34-11-2-1-3-12-34/h7-10,13-14,22,24,33H,1-6,11-12,15-16H2,(H,32,35)/t22?,24-/m1/s1. The van der Waals surface area contributed by atoms with E-state index in [0.717, 1.165) is 49.7 Å². The number of carbonyl (C=O) groups is 1. The minimum absolute atomic E-state index is 0.00822. The van der Waals surface area contributed by atoms with Crippen LogP contribution >= 0.6 is 23.2 Å². The molecule has 4 rings (SSSR count). The molecule has 1 heterocycles. The SMILES string of the molecule is O=C(C[C@@H](NS(=O)(=O)c1cc(Cl)ccc1Cl)C(F)(F)F)NC1CCCc2cc(CN3CCCCC3)ccc21. The van der Waals surface area contributed by atoms with Crippen LogP contribution in [0.15, 0.2) is 41.3 Å². The van der Waals surface area contributed by atoms with Crippen LogP contribution in [-0.2, 0) is 27.8 Å². The number of hydrogen-bond acceptors (Lipinski definition) is 4. The van der Waals surface area contributed by atoms with Crippen LogP contribution < -0.4 is 10.0 Å². The minimum atomic E-state index is -5.01. The average molecular weight is 593 g/mol. The maximum atomic E-state index is 13.8. The highest BCUT2D eigenvalue weighted by molar-refractivity contribution is 7.89. The van der Waals surface area contributed by atoms with Crippen molar-refractivity contribution in [2.45, 2.75) is 74.6 Å². The Morgan fingerprint density at radius 2 is 1.79 bits per heavy atom. The number of rotatable bonds is 8. The number of benzene rings is 2. The van der Waals surface area contributed by atoms with Crippen LogP contribution in [0.5, 0.6) is 0 Å². The van der Waals surface area contributed by atoms with Gasteiger partial charge in [-0.25, -0.2) is 8.42 Å². The van der Waals surface area contributed by atoms with E-state index in [1.54, 1.807) is 4.72 Å². The van der Waals surface area contributed by atoms with Crippen LogP contribution in [0.3, 0.4) is 0 Å². The number of likely N-dealkylation sites (tertiary alicyclic amines) is 1.